The van der Waals surface area contributed by atoms with E-state index in [1.54, 1.807) is 12.1 Å². The van der Waals surface area contributed by atoms with E-state index in [0.717, 1.165) is 4.90 Å². The van der Waals surface area contributed by atoms with Crippen molar-refractivity contribution in [2.75, 3.05) is 0 Å². The molecule has 2 rings (SSSR count). The maximum absolute atomic E-state index is 12.1. The van der Waals surface area contributed by atoms with Crippen molar-refractivity contribution >= 4 is 24.0 Å². The average Bonchev–Trinajstić information content (AvgIpc) is 2.65. The van der Waals surface area contributed by atoms with E-state index < -0.39 is 23.8 Å². The van der Waals surface area contributed by atoms with Crippen molar-refractivity contribution in [1.29, 1.82) is 0 Å². The zero-order valence-electron chi connectivity index (χ0n) is 10.0. The highest BCUT2D eigenvalue weighted by molar-refractivity contribution is 6.22. The van der Waals surface area contributed by atoms with E-state index >= 15 is 0 Å². The molecule has 0 aliphatic carbocycles. The van der Waals surface area contributed by atoms with Gasteiger partial charge in [-0.2, -0.15) is 0 Å². The Morgan fingerprint density at radius 1 is 1.21 bits per heavy atom. The van der Waals surface area contributed by atoms with E-state index in [2.05, 4.69) is 0 Å². The molecular weight excluding hydrogens is 248 g/mol. The van der Waals surface area contributed by atoms with Crippen LogP contribution in [0, 0.1) is 0 Å². The molecule has 0 saturated heterocycles. The topological polar surface area (TPSA) is 97.5 Å². The molecule has 6 nitrogen and oxygen atoms in total. The third-order valence-electron chi connectivity index (χ3n) is 3.00. The first-order chi connectivity index (χ1) is 9.06. The van der Waals surface area contributed by atoms with Crippen molar-refractivity contribution < 1.29 is 19.2 Å². The third-order valence-corrected chi connectivity index (χ3v) is 3.00. The number of rotatable bonds is 5. The molecule has 0 aromatic heterocycles. The lowest BCUT2D eigenvalue weighted by Crippen LogP contribution is -2.41. The Morgan fingerprint density at radius 3 is 2.16 bits per heavy atom. The van der Waals surface area contributed by atoms with Gasteiger partial charge in [0.1, 0.15) is 6.29 Å². The number of aldehydes is 1. The van der Waals surface area contributed by atoms with Gasteiger partial charge in [0.2, 0.25) is 5.91 Å². The average molecular weight is 260 g/mol. The molecular formula is C13H12N2O4. The second-order valence-electron chi connectivity index (χ2n) is 4.23. The molecule has 1 aromatic carbocycles. The lowest BCUT2D eigenvalue weighted by Gasteiger charge is -2.20. The summed E-state index contributed by atoms with van der Waals surface area (Å²) >= 11 is 0. The number of nitrogens with two attached hydrogens (primary N) is 1. The molecule has 1 unspecified atom stereocenters. The van der Waals surface area contributed by atoms with Gasteiger partial charge in [-0.15, -0.1) is 0 Å². The highest BCUT2D eigenvalue weighted by Gasteiger charge is 2.39. The number of imide groups is 1. The molecule has 1 aliphatic rings. The summed E-state index contributed by atoms with van der Waals surface area (Å²) in [6.07, 6.45) is 0.478. The fourth-order valence-corrected chi connectivity index (χ4v) is 2.06. The highest BCUT2D eigenvalue weighted by Crippen LogP contribution is 2.25. The van der Waals surface area contributed by atoms with Crippen LogP contribution in [0.25, 0.3) is 0 Å². The number of amides is 3. The predicted octanol–water partition coefficient (Wildman–Crippen LogP) is 0.116. The van der Waals surface area contributed by atoms with E-state index in [-0.39, 0.29) is 24.0 Å². The van der Waals surface area contributed by atoms with Crippen molar-refractivity contribution in [2.24, 2.45) is 5.73 Å². The summed E-state index contributed by atoms with van der Waals surface area (Å²) in [7, 11) is 0. The first-order valence-electron chi connectivity index (χ1n) is 5.76. The quantitative estimate of drug-likeness (QED) is 0.600. The lowest BCUT2D eigenvalue weighted by molar-refractivity contribution is -0.118. The molecule has 6 heteroatoms. The van der Waals surface area contributed by atoms with Crippen LogP contribution in [0.2, 0.25) is 0 Å². The summed E-state index contributed by atoms with van der Waals surface area (Å²) < 4.78 is 0. The SMILES string of the molecule is NC(=O)CCC(C=O)N1C(=O)c2ccccc2C1=O. The molecule has 0 saturated carbocycles. The Bertz CT molecular complexity index is 533. The predicted molar refractivity (Wildman–Crippen MR) is 65.2 cm³/mol. The Morgan fingerprint density at radius 2 is 1.74 bits per heavy atom. The van der Waals surface area contributed by atoms with Crippen LogP contribution in [0.15, 0.2) is 24.3 Å². The standard InChI is InChI=1S/C13H12N2O4/c14-11(17)6-5-8(7-16)15-12(18)9-3-1-2-4-10(9)13(15)19/h1-4,7-8H,5-6H2,(H2,14,17). The van der Waals surface area contributed by atoms with E-state index in [1.807, 2.05) is 0 Å². The van der Waals surface area contributed by atoms with E-state index in [4.69, 9.17) is 5.73 Å². The van der Waals surface area contributed by atoms with Crippen LogP contribution in [-0.4, -0.2) is 34.9 Å². The van der Waals surface area contributed by atoms with E-state index in [0.29, 0.717) is 6.29 Å². The molecule has 3 amide bonds. The first kappa shape index (κ1) is 12.9. The van der Waals surface area contributed by atoms with Crippen LogP contribution in [0.4, 0.5) is 0 Å². The van der Waals surface area contributed by atoms with Crippen molar-refractivity contribution in [3.8, 4) is 0 Å². The molecule has 1 atom stereocenters. The number of hydrogen-bond acceptors (Lipinski definition) is 4. The molecule has 19 heavy (non-hydrogen) atoms. The van der Waals surface area contributed by atoms with Gasteiger partial charge in [-0.25, -0.2) is 0 Å². The fraction of sp³-hybridized carbons (Fsp3) is 0.231. The molecule has 1 heterocycles. The third kappa shape index (κ3) is 2.24. The normalized spacial score (nSPS) is 15.3. The van der Waals surface area contributed by atoms with Crippen LogP contribution >= 0.6 is 0 Å². The smallest absolute Gasteiger partial charge is 0.262 e. The number of nitrogens with zero attached hydrogens (tertiary/aromatic N) is 1. The van der Waals surface area contributed by atoms with Gasteiger partial charge in [0, 0.05) is 6.42 Å². The monoisotopic (exact) mass is 260 g/mol. The summed E-state index contributed by atoms with van der Waals surface area (Å²) in [5.74, 6) is -1.60. The number of carbonyl (C=O) groups excluding carboxylic acids is 4. The first-order valence-corrected chi connectivity index (χ1v) is 5.76. The molecule has 98 valence electrons. The summed E-state index contributed by atoms with van der Waals surface area (Å²) in [6, 6.07) is 5.40. The van der Waals surface area contributed by atoms with Crippen molar-refractivity contribution in [3.05, 3.63) is 35.4 Å². The van der Waals surface area contributed by atoms with Crippen molar-refractivity contribution in [1.82, 2.24) is 4.90 Å². The van der Waals surface area contributed by atoms with Crippen LogP contribution in [0.5, 0.6) is 0 Å². The number of primary amides is 1. The van der Waals surface area contributed by atoms with Crippen LogP contribution in [0.3, 0.4) is 0 Å². The Kier molecular flexibility index (Phi) is 3.41. The molecule has 1 aromatic rings. The van der Waals surface area contributed by atoms with Gasteiger partial charge >= 0.3 is 0 Å². The molecule has 0 bridgehead atoms. The second kappa shape index (κ2) is 5.01. The van der Waals surface area contributed by atoms with Gasteiger partial charge in [0.25, 0.3) is 11.8 Å². The number of benzene rings is 1. The second-order valence-corrected chi connectivity index (χ2v) is 4.23. The zero-order chi connectivity index (χ0) is 14.0. The van der Waals surface area contributed by atoms with Gasteiger partial charge < -0.3 is 10.5 Å². The summed E-state index contributed by atoms with van der Waals surface area (Å²) in [5, 5.41) is 0. The van der Waals surface area contributed by atoms with Crippen LogP contribution in [0.1, 0.15) is 33.6 Å². The van der Waals surface area contributed by atoms with Gasteiger partial charge in [-0.1, -0.05) is 12.1 Å². The molecule has 0 spiro atoms. The van der Waals surface area contributed by atoms with Gasteiger partial charge in [-0.3, -0.25) is 19.3 Å². The maximum Gasteiger partial charge on any atom is 0.262 e. The Hall–Kier alpha value is -2.50. The minimum absolute atomic E-state index is 0.0459. The number of hydrogen-bond donors (Lipinski definition) is 1. The van der Waals surface area contributed by atoms with Gasteiger partial charge in [0.15, 0.2) is 0 Å². The van der Waals surface area contributed by atoms with Gasteiger partial charge in [-0.05, 0) is 18.6 Å². The lowest BCUT2D eigenvalue weighted by atomic mass is 10.1. The van der Waals surface area contributed by atoms with Gasteiger partial charge in [0.05, 0.1) is 17.2 Å². The fourth-order valence-electron chi connectivity index (χ4n) is 2.06. The summed E-state index contributed by atoms with van der Waals surface area (Å²) in [6.45, 7) is 0. The zero-order valence-corrected chi connectivity index (χ0v) is 10.0. The molecule has 0 fully saturated rings. The largest absolute Gasteiger partial charge is 0.370 e. The van der Waals surface area contributed by atoms with Crippen molar-refractivity contribution in [3.63, 3.8) is 0 Å². The highest BCUT2D eigenvalue weighted by atomic mass is 16.2. The number of carbonyl (C=O) groups is 4. The van der Waals surface area contributed by atoms with Crippen LogP contribution < -0.4 is 5.73 Å². The summed E-state index contributed by atoms with van der Waals surface area (Å²) in [4.78, 5) is 46.8. The van der Waals surface area contributed by atoms with Crippen molar-refractivity contribution in [2.45, 2.75) is 18.9 Å². The minimum atomic E-state index is -0.958. The van der Waals surface area contributed by atoms with E-state index in [1.165, 1.54) is 12.1 Å². The summed E-state index contributed by atoms with van der Waals surface area (Å²) in [5.41, 5.74) is 5.56. The Labute approximate surface area is 109 Å². The van der Waals surface area contributed by atoms with Crippen LogP contribution in [-0.2, 0) is 9.59 Å². The molecule has 0 radical (unpaired) electrons. The van der Waals surface area contributed by atoms with E-state index in [9.17, 15) is 19.2 Å². The Balaban J connectivity index is 2.27. The molecule has 1 aliphatic heterocycles. The molecule has 2 N–H and O–H groups in total. The number of fused-ring (bicyclic) bond motifs is 1. The minimum Gasteiger partial charge on any atom is -0.370 e. The maximum atomic E-state index is 12.1.